The minimum absolute atomic E-state index is 0.0114. The van der Waals surface area contributed by atoms with Crippen molar-refractivity contribution in [1.82, 2.24) is 15.4 Å². The zero-order chi connectivity index (χ0) is 16.1. The Morgan fingerprint density at radius 3 is 2.73 bits per heavy atom. The lowest BCUT2D eigenvalue weighted by atomic mass is 10.1. The molecule has 2 aromatic heterocycles. The van der Waals surface area contributed by atoms with Crippen molar-refractivity contribution in [3.8, 4) is 0 Å². The van der Waals surface area contributed by atoms with Gasteiger partial charge in [0.15, 0.2) is 5.82 Å². The highest BCUT2D eigenvalue weighted by Gasteiger charge is 2.19. The fourth-order valence-electron chi connectivity index (χ4n) is 1.93. The van der Waals surface area contributed by atoms with E-state index in [-0.39, 0.29) is 11.9 Å². The predicted molar refractivity (Wildman–Crippen MR) is 83.6 cm³/mol. The number of anilines is 1. The lowest BCUT2D eigenvalue weighted by Crippen LogP contribution is -2.40. The van der Waals surface area contributed by atoms with E-state index in [1.165, 1.54) is 0 Å². The minimum atomic E-state index is -0.767. The summed E-state index contributed by atoms with van der Waals surface area (Å²) in [4.78, 5) is 25.6. The van der Waals surface area contributed by atoms with Crippen molar-refractivity contribution >= 4 is 29.0 Å². The molecule has 0 saturated heterocycles. The normalized spacial score (nSPS) is 12.2. The number of hydrogen-bond donors (Lipinski definition) is 2. The zero-order valence-corrected chi connectivity index (χ0v) is 13.4. The van der Waals surface area contributed by atoms with Crippen molar-refractivity contribution in [2.45, 2.75) is 13.0 Å². The molecular weight excluding hydrogens is 304 g/mol. The number of nitrogens with zero attached hydrogens (tertiary/aromatic N) is 2. The van der Waals surface area contributed by atoms with E-state index < -0.39 is 11.8 Å². The Bertz CT molecular complexity index is 636. The SMILES string of the molecule is Cc1cc(NC(=O)C(=O)NCC(c2ccsc2)N(C)C)no1. The molecule has 0 aliphatic rings. The van der Waals surface area contributed by atoms with Crippen molar-refractivity contribution in [3.63, 3.8) is 0 Å². The molecule has 0 bridgehead atoms. The average Bonchev–Trinajstić information content (AvgIpc) is 3.10. The predicted octanol–water partition coefficient (Wildman–Crippen LogP) is 1.40. The van der Waals surface area contributed by atoms with E-state index in [1.807, 2.05) is 35.8 Å². The third kappa shape index (κ3) is 4.15. The van der Waals surface area contributed by atoms with Gasteiger partial charge in [0.1, 0.15) is 5.76 Å². The molecular formula is C14H18N4O3S. The summed E-state index contributed by atoms with van der Waals surface area (Å²) in [5.74, 6) is -0.695. The Morgan fingerprint density at radius 1 is 1.41 bits per heavy atom. The first-order valence-electron chi connectivity index (χ1n) is 6.68. The quantitative estimate of drug-likeness (QED) is 0.813. The summed E-state index contributed by atoms with van der Waals surface area (Å²) < 4.78 is 4.82. The molecule has 0 aliphatic carbocycles. The molecule has 0 radical (unpaired) electrons. The van der Waals surface area contributed by atoms with Crippen LogP contribution in [-0.2, 0) is 9.59 Å². The monoisotopic (exact) mass is 322 g/mol. The lowest BCUT2D eigenvalue weighted by molar-refractivity contribution is -0.136. The smallest absolute Gasteiger partial charge is 0.314 e. The number of rotatable bonds is 5. The van der Waals surface area contributed by atoms with Crippen molar-refractivity contribution in [2.75, 3.05) is 26.0 Å². The third-order valence-electron chi connectivity index (χ3n) is 3.08. The maximum Gasteiger partial charge on any atom is 0.314 e. The van der Waals surface area contributed by atoms with Crippen molar-refractivity contribution in [1.29, 1.82) is 0 Å². The van der Waals surface area contributed by atoms with E-state index in [2.05, 4.69) is 15.8 Å². The van der Waals surface area contributed by atoms with Crippen LogP contribution in [0, 0.1) is 6.92 Å². The standard InChI is InChI=1S/C14H18N4O3S/c1-9-6-12(17-21-9)16-14(20)13(19)15-7-11(18(2)3)10-4-5-22-8-10/h4-6,8,11H,7H2,1-3H3,(H,15,19)(H,16,17,20). The summed E-state index contributed by atoms with van der Waals surface area (Å²) in [5.41, 5.74) is 1.10. The van der Waals surface area contributed by atoms with Gasteiger partial charge in [0.25, 0.3) is 0 Å². The van der Waals surface area contributed by atoms with Crippen LogP contribution in [0.25, 0.3) is 0 Å². The van der Waals surface area contributed by atoms with Gasteiger partial charge in [0.05, 0.1) is 6.04 Å². The summed E-state index contributed by atoms with van der Waals surface area (Å²) in [6, 6.07) is 3.55. The molecule has 0 spiro atoms. The molecule has 0 saturated carbocycles. The van der Waals surface area contributed by atoms with Crippen LogP contribution < -0.4 is 10.6 Å². The summed E-state index contributed by atoms with van der Waals surface area (Å²) >= 11 is 1.59. The van der Waals surface area contributed by atoms with Gasteiger partial charge < -0.3 is 14.7 Å². The molecule has 2 aromatic rings. The van der Waals surface area contributed by atoms with Gasteiger partial charge in [-0.25, -0.2) is 0 Å². The lowest BCUT2D eigenvalue weighted by Gasteiger charge is -2.23. The van der Waals surface area contributed by atoms with Gasteiger partial charge in [-0.05, 0) is 43.4 Å². The summed E-state index contributed by atoms with van der Waals surface area (Å²) in [6.45, 7) is 2.04. The minimum Gasteiger partial charge on any atom is -0.360 e. The number of nitrogens with one attached hydrogen (secondary N) is 2. The summed E-state index contributed by atoms with van der Waals surface area (Å²) in [6.07, 6.45) is 0. The second-order valence-electron chi connectivity index (χ2n) is 5.02. The van der Waals surface area contributed by atoms with Gasteiger partial charge in [-0.3, -0.25) is 14.9 Å². The second kappa shape index (κ2) is 7.19. The number of carbonyl (C=O) groups is 2. The first-order valence-corrected chi connectivity index (χ1v) is 7.62. The van der Waals surface area contributed by atoms with Crippen LogP contribution in [-0.4, -0.2) is 42.5 Å². The molecule has 118 valence electrons. The van der Waals surface area contributed by atoms with Crippen LogP contribution in [0.3, 0.4) is 0 Å². The molecule has 1 atom stereocenters. The van der Waals surface area contributed by atoms with E-state index in [0.717, 1.165) is 5.56 Å². The Balaban J connectivity index is 1.89. The van der Waals surface area contributed by atoms with Gasteiger partial charge in [-0.1, -0.05) is 5.16 Å². The molecule has 8 heteroatoms. The van der Waals surface area contributed by atoms with Crippen LogP contribution >= 0.6 is 11.3 Å². The molecule has 7 nitrogen and oxygen atoms in total. The molecule has 0 fully saturated rings. The fourth-order valence-corrected chi connectivity index (χ4v) is 2.64. The molecule has 2 amide bonds. The Kier molecular flexibility index (Phi) is 5.29. The van der Waals surface area contributed by atoms with Crippen molar-refractivity contribution < 1.29 is 14.1 Å². The first kappa shape index (κ1) is 16.2. The number of hydrogen-bond acceptors (Lipinski definition) is 6. The van der Waals surface area contributed by atoms with Crippen molar-refractivity contribution in [3.05, 3.63) is 34.2 Å². The Hall–Kier alpha value is -2.19. The van der Waals surface area contributed by atoms with Crippen LogP contribution in [0.4, 0.5) is 5.82 Å². The van der Waals surface area contributed by atoms with Gasteiger partial charge in [0, 0.05) is 12.6 Å². The van der Waals surface area contributed by atoms with E-state index in [9.17, 15) is 9.59 Å². The maximum absolute atomic E-state index is 11.9. The highest BCUT2D eigenvalue weighted by molar-refractivity contribution is 7.07. The third-order valence-corrected chi connectivity index (χ3v) is 3.78. The first-order chi connectivity index (χ1) is 10.5. The molecule has 0 aliphatic heterocycles. The van der Waals surface area contributed by atoms with E-state index in [4.69, 9.17) is 4.52 Å². The maximum atomic E-state index is 11.9. The number of likely N-dealkylation sites (N-methyl/N-ethyl adjacent to an activating group) is 1. The number of aromatic nitrogens is 1. The Labute approximate surface area is 132 Å². The zero-order valence-electron chi connectivity index (χ0n) is 12.6. The van der Waals surface area contributed by atoms with Gasteiger partial charge >= 0.3 is 11.8 Å². The number of amides is 2. The summed E-state index contributed by atoms with van der Waals surface area (Å²) in [7, 11) is 3.85. The molecule has 2 N–H and O–H groups in total. The molecule has 1 unspecified atom stereocenters. The topological polar surface area (TPSA) is 87.5 Å². The van der Waals surface area contributed by atoms with E-state index >= 15 is 0 Å². The molecule has 2 heterocycles. The second-order valence-corrected chi connectivity index (χ2v) is 5.80. The van der Waals surface area contributed by atoms with Gasteiger partial charge in [-0.2, -0.15) is 11.3 Å². The van der Waals surface area contributed by atoms with E-state index in [0.29, 0.717) is 12.3 Å². The van der Waals surface area contributed by atoms with Crippen LogP contribution in [0.15, 0.2) is 27.4 Å². The number of carbonyl (C=O) groups excluding carboxylic acids is 2. The van der Waals surface area contributed by atoms with Crippen molar-refractivity contribution in [2.24, 2.45) is 0 Å². The number of thiophene rings is 1. The van der Waals surface area contributed by atoms with Crippen LogP contribution in [0.5, 0.6) is 0 Å². The van der Waals surface area contributed by atoms with Gasteiger partial charge in [-0.15, -0.1) is 0 Å². The van der Waals surface area contributed by atoms with Gasteiger partial charge in [0.2, 0.25) is 0 Å². The largest absolute Gasteiger partial charge is 0.360 e. The van der Waals surface area contributed by atoms with Crippen LogP contribution in [0.1, 0.15) is 17.4 Å². The molecule has 2 rings (SSSR count). The highest BCUT2D eigenvalue weighted by Crippen LogP contribution is 2.19. The Morgan fingerprint density at radius 2 is 2.18 bits per heavy atom. The highest BCUT2D eigenvalue weighted by atomic mass is 32.1. The van der Waals surface area contributed by atoms with E-state index in [1.54, 1.807) is 24.3 Å². The number of aryl methyl sites for hydroxylation is 1. The molecule has 22 heavy (non-hydrogen) atoms. The molecule has 0 aromatic carbocycles. The van der Waals surface area contributed by atoms with Crippen LogP contribution in [0.2, 0.25) is 0 Å². The average molecular weight is 322 g/mol. The summed E-state index contributed by atoms with van der Waals surface area (Å²) in [5, 5.41) is 12.6. The fraction of sp³-hybridized carbons (Fsp3) is 0.357.